The average Bonchev–Trinajstić information content (AvgIpc) is 2.32. The number of benzene rings is 1. The van der Waals surface area contributed by atoms with Crippen molar-refractivity contribution in [2.75, 3.05) is 33.9 Å². The summed E-state index contributed by atoms with van der Waals surface area (Å²) in [6.45, 7) is 5.89. The lowest BCUT2D eigenvalue weighted by Gasteiger charge is -2.19. The van der Waals surface area contributed by atoms with Crippen LogP contribution in [0.5, 0.6) is 0 Å². The van der Waals surface area contributed by atoms with Crippen molar-refractivity contribution in [2.45, 2.75) is 19.5 Å². The lowest BCUT2D eigenvalue weighted by atomic mass is 10.2. The molecule has 0 bridgehead atoms. The van der Waals surface area contributed by atoms with Crippen LogP contribution in [-0.2, 0) is 11.3 Å². The highest BCUT2D eigenvalue weighted by Crippen LogP contribution is 2.11. The minimum atomic E-state index is 0.413. The largest absolute Gasteiger partial charge is 0.383 e. The lowest BCUT2D eigenvalue weighted by Crippen LogP contribution is -2.36. The Hall–Kier alpha value is -0.420. The zero-order chi connectivity index (χ0) is 13.4. The number of ether oxygens (including phenoxy) is 1. The van der Waals surface area contributed by atoms with Gasteiger partial charge in [-0.05, 0) is 31.7 Å². The standard InChI is InChI=1S/C14H23BrN2O/c1-12(11-18-3)16-8-9-17(2)10-13-4-6-14(15)7-5-13/h4-7,12,16H,8-11H2,1-3H3. The summed E-state index contributed by atoms with van der Waals surface area (Å²) in [5.74, 6) is 0. The summed E-state index contributed by atoms with van der Waals surface area (Å²) < 4.78 is 6.22. The van der Waals surface area contributed by atoms with Gasteiger partial charge in [0.1, 0.15) is 0 Å². The van der Waals surface area contributed by atoms with Gasteiger partial charge in [-0.25, -0.2) is 0 Å². The van der Waals surface area contributed by atoms with E-state index in [9.17, 15) is 0 Å². The number of rotatable bonds is 8. The van der Waals surface area contributed by atoms with Gasteiger partial charge in [-0.1, -0.05) is 28.1 Å². The fourth-order valence-corrected chi connectivity index (χ4v) is 2.06. The molecule has 1 aromatic rings. The number of hydrogen-bond acceptors (Lipinski definition) is 3. The first kappa shape index (κ1) is 15.6. The first-order valence-electron chi connectivity index (χ1n) is 6.27. The maximum atomic E-state index is 5.09. The maximum absolute atomic E-state index is 5.09. The summed E-state index contributed by atoms with van der Waals surface area (Å²) in [4.78, 5) is 2.32. The van der Waals surface area contributed by atoms with Gasteiger partial charge >= 0.3 is 0 Å². The molecule has 0 amide bonds. The monoisotopic (exact) mass is 314 g/mol. The predicted octanol–water partition coefficient (Wildman–Crippen LogP) is 2.51. The number of halogens is 1. The van der Waals surface area contributed by atoms with Crippen molar-refractivity contribution >= 4 is 15.9 Å². The highest BCUT2D eigenvalue weighted by atomic mass is 79.9. The van der Waals surface area contributed by atoms with E-state index in [1.165, 1.54) is 5.56 Å². The Kier molecular flexibility index (Phi) is 7.51. The van der Waals surface area contributed by atoms with Gasteiger partial charge in [0.15, 0.2) is 0 Å². The van der Waals surface area contributed by atoms with Crippen LogP contribution in [0.4, 0.5) is 0 Å². The number of nitrogens with zero attached hydrogens (tertiary/aromatic N) is 1. The number of nitrogens with one attached hydrogen (secondary N) is 1. The highest BCUT2D eigenvalue weighted by molar-refractivity contribution is 9.10. The van der Waals surface area contributed by atoms with Crippen LogP contribution in [0.25, 0.3) is 0 Å². The Morgan fingerprint density at radius 2 is 2.00 bits per heavy atom. The zero-order valence-corrected chi connectivity index (χ0v) is 13.0. The molecule has 1 N–H and O–H groups in total. The van der Waals surface area contributed by atoms with Gasteiger partial charge in [0, 0.05) is 37.3 Å². The molecule has 0 aromatic heterocycles. The topological polar surface area (TPSA) is 24.5 Å². The molecule has 0 spiro atoms. The Labute approximate surface area is 119 Å². The molecule has 0 heterocycles. The summed E-state index contributed by atoms with van der Waals surface area (Å²) in [6, 6.07) is 8.89. The fourth-order valence-electron chi connectivity index (χ4n) is 1.79. The summed E-state index contributed by atoms with van der Waals surface area (Å²) in [5.41, 5.74) is 1.34. The van der Waals surface area contributed by atoms with Gasteiger partial charge in [0.2, 0.25) is 0 Å². The summed E-state index contributed by atoms with van der Waals surface area (Å²) in [5, 5.41) is 3.44. The molecule has 1 rings (SSSR count). The maximum Gasteiger partial charge on any atom is 0.0613 e. The van der Waals surface area contributed by atoms with Gasteiger partial charge in [-0.3, -0.25) is 0 Å². The Bertz CT molecular complexity index is 329. The zero-order valence-electron chi connectivity index (χ0n) is 11.4. The molecule has 0 saturated heterocycles. The van der Waals surface area contributed by atoms with Crippen molar-refractivity contribution in [3.63, 3.8) is 0 Å². The third-order valence-electron chi connectivity index (χ3n) is 2.77. The van der Waals surface area contributed by atoms with Crippen molar-refractivity contribution < 1.29 is 4.74 Å². The van der Waals surface area contributed by atoms with Crippen LogP contribution in [0, 0.1) is 0 Å². The molecular weight excluding hydrogens is 292 g/mol. The number of hydrogen-bond donors (Lipinski definition) is 1. The minimum Gasteiger partial charge on any atom is -0.383 e. The molecule has 18 heavy (non-hydrogen) atoms. The smallest absolute Gasteiger partial charge is 0.0613 e. The Morgan fingerprint density at radius 1 is 1.33 bits per heavy atom. The molecule has 0 aliphatic carbocycles. The van der Waals surface area contributed by atoms with E-state index >= 15 is 0 Å². The van der Waals surface area contributed by atoms with Gasteiger partial charge in [-0.2, -0.15) is 0 Å². The fraction of sp³-hybridized carbons (Fsp3) is 0.571. The Morgan fingerprint density at radius 3 is 2.61 bits per heavy atom. The van der Waals surface area contributed by atoms with Crippen LogP contribution in [0.15, 0.2) is 28.7 Å². The van der Waals surface area contributed by atoms with Crippen LogP contribution < -0.4 is 5.32 Å². The van der Waals surface area contributed by atoms with E-state index in [1.807, 2.05) is 0 Å². The SMILES string of the molecule is COCC(C)NCCN(C)Cc1ccc(Br)cc1. The molecule has 0 aliphatic rings. The molecule has 1 aromatic carbocycles. The van der Waals surface area contributed by atoms with Gasteiger partial charge < -0.3 is 15.0 Å². The first-order valence-corrected chi connectivity index (χ1v) is 7.06. The van der Waals surface area contributed by atoms with Crippen LogP contribution >= 0.6 is 15.9 Å². The number of methoxy groups -OCH3 is 1. The first-order chi connectivity index (χ1) is 8.61. The van der Waals surface area contributed by atoms with Crippen LogP contribution in [-0.4, -0.2) is 44.8 Å². The van der Waals surface area contributed by atoms with Crippen molar-refractivity contribution in [1.29, 1.82) is 0 Å². The van der Waals surface area contributed by atoms with E-state index in [4.69, 9.17) is 4.74 Å². The minimum absolute atomic E-state index is 0.413. The Balaban J connectivity index is 2.21. The third kappa shape index (κ3) is 6.50. The highest BCUT2D eigenvalue weighted by Gasteiger charge is 2.02. The molecule has 102 valence electrons. The van der Waals surface area contributed by atoms with E-state index in [-0.39, 0.29) is 0 Å². The van der Waals surface area contributed by atoms with E-state index in [2.05, 4.69) is 64.4 Å². The molecule has 3 nitrogen and oxygen atoms in total. The van der Waals surface area contributed by atoms with Crippen molar-refractivity contribution in [3.8, 4) is 0 Å². The lowest BCUT2D eigenvalue weighted by molar-refractivity contribution is 0.170. The molecule has 0 radical (unpaired) electrons. The van der Waals surface area contributed by atoms with Crippen molar-refractivity contribution in [2.24, 2.45) is 0 Å². The van der Waals surface area contributed by atoms with Crippen LogP contribution in [0.3, 0.4) is 0 Å². The average molecular weight is 315 g/mol. The molecular formula is C14H23BrN2O. The van der Waals surface area contributed by atoms with E-state index in [0.717, 1.165) is 30.7 Å². The van der Waals surface area contributed by atoms with Crippen molar-refractivity contribution in [1.82, 2.24) is 10.2 Å². The second-order valence-electron chi connectivity index (χ2n) is 4.67. The second-order valence-corrected chi connectivity index (χ2v) is 5.59. The normalized spacial score (nSPS) is 12.9. The van der Waals surface area contributed by atoms with Crippen molar-refractivity contribution in [3.05, 3.63) is 34.3 Å². The van der Waals surface area contributed by atoms with Gasteiger partial charge in [-0.15, -0.1) is 0 Å². The molecule has 0 saturated carbocycles. The van der Waals surface area contributed by atoms with Gasteiger partial charge in [0.05, 0.1) is 6.61 Å². The molecule has 0 fully saturated rings. The van der Waals surface area contributed by atoms with Gasteiger partial charge in [0.25, 0.3) is 0 Å². The second kappa shape index (κ2) is 8.64. The summed E-state index contributed by atoms with van der Waals surface area (Å²) >= 11 is 3.45. The molecule has 4 heteroatoms. The van der Waals surface area contributed by atoms with E-state index in [0.29, 0.717) is 6.04 Å². The molecule has 1 unspecified atom stereocenters. The molecule has 1 atom stereocenters. The van der Waals surface area contributed by atoms with E-state index in [1.54, 1.807) is 7.11 Å². The molecule has 0 aliphatic heterocycles. The quantitative estimate of drug-likeness (QED) is 0.798. The predicted molar refractivity (Wildman–Crippen MR) is 79.8 cm³/mol. The van der Waals surface area contributed by atoms with Crippen LogP contribution in [0.2, 0.25) is 0 Å². The summed E-state index contributed by atoms with van der Waals surface area (Å²) in [7, 11) is 3.88. The van der Waals surface area contributed by atoms with E-state index < -0.39 is 0 Å². The van der Waals surface area contributed by atoms with Crippen LogP contribution in [0.1, 0.15) is 12.5 Å². The third-order valence-corrected chi connectivity index (χ3v) is 3.30. The number of likely N-dealkylation sites (N-methyl/N-ethyl adjacent to an activating group) is 1. The summed E-state index contributed by atoms with van der Waals surface area (Å²) in [6.07, 6.45) is 0.